The molecule has 2 heterocycles. The Labute approximate surface area is 205 Å². The molecule has 0 atom stereocenters. The van der Waals surface area contributed by atoms with Crippen molar-refractivity contribution in [3.05, 3.63) is 48.2 Å². The average Bonchev–Trinajstić information content (AvgIpc) is 3.30. The smallest absolute Gasteiger partial charge is 0.420 e. The Hall–Kier alpha value is -3.77. The van der Waals surface area contributed by atoms with Crippen LogP contribution in [-0.4, -0.2) is 40.5 Å². The van der Waals surface area contributed by atoms with E-state index in [9.17, 15) is 10.1 Å². The molecule has 0 spiro atoms. The molecule has 0 bridgehead atoms. The van der Waals surface area contributed by atoms with Crippen molar-refractivity contribution in [1.29, 1.82) is 5.26 Å². The quantitative estimate of drug-likeness (QED) is 0.534. The van der Waals surface area contributed by atoms with E-state index in [1.807, 2.05) is 32.9 Å². The van der Waals surface area contributed by atoms with E-state index >= 15 is 0 Å². The van der Waals surface area contributed by atoms with Gasteiger partial charge in [-0.3, -0.25) is 0 Å². The second-order valence-corrected chi connectivity index (χ2v) is 9.77. The van der Waals surface area contributed by atoms with Crippen LogP contribution in [0.2, 0.25) is 0 Å². The van der Waals surface area contributed by atoms with Crippen molar-refractivity contribution in [2.75, 3.05) is 17.3 Å². The molecule has 0 aliphatic heterocycles. The van der Waals surface area contributed by atoms with Crippen LogP contribution in [0.15, 0.2) is 42.6 Å². The van der Waals surface area contributed by atoms with Gasteiger partial charge >= 0.3 is 6.09 Å². The Morgan fingerprint density at radius 3 is 2.60 bits per heavy atom. The third-order valence-electron chi connectivity index (χ3n) is 6.03. The number of hydrogen-bond donors (Lipinski definition) is 2. The van der Waals surface area contributed by atoms with E-state index in [0.29, 0.717) is 34.0 Å². The van der Waals surface area contributed by atoms with Gasteiger partial charge in [0.15, 0.2) is 0 Å². The number of nitriles is 1. The first-order valence-corrected chi connectivity index (χ1v) is 11.8. The number of hydrogen-bond acceptors (Lipinski definition) is 7. The highest BCUT2D eigenvalue weighted by Crippen LogP contribution is 2.38. The predicted molar refractivity (Wildman–Crippen MR) is 135 cm³/mol. The van der Waals surface area contributed by atoms with Gasteiger partial charge in [0.1, 0.15) is 28.8 Å². The lowest BCUT2D eigenvalue weighted by atomic mass is 9.91. The molecule has 1 amide bonds. The number of para-hydroxylation sites is 2. The molecule has 35 heavy (non-hydrogen) atoms. The maximum Gasteiger partial charge on any atom is 0.420 e. The molecule has 0 unspecified atom stereocenters. The van der Waals surface area contributed by atoms with Gasteiger partial charge in [-0.05, 0) is 64.7 Å². The first-order chi connectivity index (χ1) is 16.7. The van der Waals surface area contributed by atoms with Gasteiger partial charge in [-0.2, -0.15) is 10.4 Å². The molecule has 0 radical (unpaired) electrons. The molecule has 1 aliphatic carbocycles. The Kier molecular flexibility index (Phi) is 6.85. The maximum atomic E-state index is 13.6. The summed E-state index contributed by atoms with van der Waals surface area (Å²) in [6.07, 6.45) is 4.69. The molecule has 4 rings (SSSR count). The van der Waals surface area contributed by atoms with Crippen molar-refractivity contribution in [3.8, 4) is 11.8 Å². The SMILES string of the molecule is COc1ccccc1N(C(=O)OC(C)(C)C)c1cc(N[C@H]2CC[C@H](N)CC2)c(C#N)c2ccnn12. The molecule has 1 aromatic carbocycles. The summed E-state index contributed by atoms with van der Waals surface area (Å²) in [4.78, 5) is 15.0. The van der Waals surface area contributed by atoms with Crippen LogP contribution >= 0.6 is 0 Å². The molecule has 0 saturated heterocycles. The van der Waals surface area contributed by atoms with Crippen LogP contribution in [0.1, 0.15) is 52.0 Å². The second kappa shape index (κ2) is 9.84. The highest BCUT2D eigenvalue weighted by Gasteiger charge is 2.31. The van der Waals surface area contributed by atoms with Crippen molar-refractivity contribution in [2.45, 2.75) is 64.1 Å². The van der Waals surface area contributed by atoms with E-state index < -0.39 is 11.7 Å². The van der Waals surface area contributed by atoms with E-state index in [2.05, 4.69) is 16.5 Å². The Bertz CT molecular complexity index is 1250. The number of anilines is 3. The monoisotopic (exact) mass is 476 g/mol. The molecule has 3 N–H and O–H groups in total. The van der Waals surface area contributed by atoms with Crippen molar-refractivity contribution in [2.24, 2.45) is 5.73 Å². The second-order valence-electron chi connectivity index (χ2n) is 9.77. The largest absolute Gasteiger partial charge is 0.495 e. The first-order valence-electron chi connectivity index (χ1n) is 11.8. The van der Waals surface area contributed by atoms with Crippen molar-refractivity contribution in [1.82, 2.24) is 9.61 Å². The molecule has 2 aromatic heterocycles. The summed E-state index contributed by atoms with van der Waals surface area (Å²) in [5.41, 5.74) is 7.55. The number of nitrogens with two attached hydrogens (primary N) is 1. The fourth-order valence-electron chi connectivity index (χ4n) is 4.39. The minimum Gasteiger partial charge on any atom is -0.495 e. The summed E-state index contributed by atoms with van der Waals surface area (Å²) >= 11 is 0. The number of rotatable bonds is 5. The van der Waals surface area contributed by atoms with E-state index in [1.54, 1.807) is 42.1 Å². The highest BCUT2D eigenvalue weighted by molar-refractivity contribution is 5.98. The lowest BCUT2D eigenvalue weighted by Crippen LogP contribution is -2.35. The summed E-state index contributed by atoms with van der Waals surface area (Å²) < 4.78 is 12.9. The van der Waals surface area contributed by atoms with Crippen molar-refractivity contribution >= 4 is 28.8 Å². The zero-order valence-corrected chi connectivity index (χ0v) is 20.6. The van der Waals surface area contributed by atoms with Gasteiger partial charge in [-0.1, -0.05) is 12.1 Å². The van der Waals surface area contributed by atoms with Gasteiger partial charge in [0.05, 0.1) is 30.2 Å². The topological polar surface area (TPSA) is 118 Å². The van der Waals surface area contributed by atoms with Gasteiger partial charge < -0.3 is 20.5 Å². The Morgan fingerprint density at radius 1 is 1.23 bits per heavy atom. The third kappa shape index (κ3) is 5.17. The lowest BCUT2D eigenvalue weighted by molar-refractivity contribution is 0.0597. The molecule has 1 fully saturated rings. The number of pyridine rings is 1. The number of carbonyl (C=O) groups is 1. The van der Waals surface area contributed by atoms with E-state index in [4.69, 9.17) is 15.2 Å². The van der Waals surface area contributed by atoms with Crippen molar-refractivity contribution in [3.63, 3.8) is 0 Å². The number of nitrogens with one attached hydrogen (secondary N) is 1. The Morgan fingerprint density at radius 2 is 1.94 bits per heavy atom. The average molecular weight is 477 g/mol. The zero-order chi connectivity index (χ0) is 25.2. The fraction of sp³-hybridized carbons (Fsp3) is 0.423. The first kappa shape index (κ1) is 24.4. The highest BCUT2D eigenvalue weighted by atomic mass is 16.6. The van der Waals surface area contributed by atoms with Crippen molar-refractivity contribution < 1.29 is 14.3 Å². The molecule has 1 saturated carbocycles. The van der Waals surface area contributed by atoms with Gasteiger partial charge in [0.2, 0.25) is 0 Å². The number of carbonyl (C=O) groups excluding carboxylic acids is 1. The summed E-state index contributed by atoms with van der Waals surface area (Å²) in [6, 6.07) is 13.5. The zero-order valence-electron chi connectivity index (χ0n) is 20.6. The van der Waals surface area contributed by atoms with Gasteiger partial charge in [-0.15, -0.1) is 0 Å². The molecule has 3 aromatic rings. The molecule has 1 aliphatic rings. The van der Waals surface area contributed by atoms with Crippen LogP contribution in [0.4, 0.5) is 22.0 Å². The number of amides is 1. The molecule has 184 valence electrons. The minimum atomic E-state index is -0.727. The van der Waals surface area contributed by atoms with Gasteiger partial charge in [-0.25, -0.2) is 14.2 Å². The number of fused-ring (bicyclic) bond motifs is 1. The predicted octanol–water partition coefficient (Wildman–Crippen LogP) is 4.97. The summed E-state index contributed by atoms with van der Waals surface area (Å²) in [5.74, 6) is 0.927. The van der Waals surface area contributed by atoms with Crippen LogP contribution in [0.3, 0.4) is 0 Å². The molecule has 9 heteroatoms. The molecular formula is C26H32N6O3. The van der Waals surface area contributed by atoms with Gasteiger partial charge in [0, 0.05) is 18.2 Å². The fourth-order valence-corrected chi connectivity index (χ4v) is 4.39. The molecule has 9 nitrogen and oxygen atoms in total. The van der Waals surface area contributed by atoms with Gasteiger partial charge in [0.25, 0.3) is 0 Å². The Balaban J connectivity index is 1.89. The van der Waals surface area contributed by atoms with E-state index in [0.717, 1.165) is 25.7 Å². The van der Waals surface area contributed by atoms with Crippen LogP contribution < -0.4 is 20.7 Å². The standard InChI is InChI=1S/C26H32N6O3/c1-26(2,3)35-25(33)31(22-7-5-6-8-23(22)34-4)24-15-20(30-18-11-9-17(28)10-12-18)19(16-27)21-13-14-29-32(21)24/h5-8,13-15,17-18,30H,9-12,28H2,1-4H3/t17-,18-. The van der Waals surface area contributed by atoms with Crippen LogP contribution in [0.25, 0.3) is 5.52 Å². The normalized spacial score (nSPS) is 18.1. The number of benzene rings is 1. The third-order valence-corrected chi connectivity index (χ3v) is 6.03. The van der Waals surface area contributed by atoms with Crippen LogP contribution in [0, 0.1) is 11.3 Å². The summed E-state index contributed by atoms with van der Waals surface area (Å²) in [7, 11) is 1.55. The lowest BCUT2D eigenvalue weighted by Gasteiger charge is -2.30. The van der Waals surface area contributed by atoms with E-state index in [-0.39, 0.29) is 12.1 Å². The summed E-state index contributed by atoms with van der Waals surface area (Å²) in [6.45, 7) is 5.44. The van der Waals surface area contributed by atoms with Crippen LogP contribution in [-0.2, 0) is 4.74 Å². The maximum absolute atomic E-state index is 13.6. The van der Waals surface area contributed by atoms with Crippen LogP contribution in [0.5, 0.6) is 5.75 Å². The minimum absolute atomic E-state index is 0.182. The number of ether oxygens (including phenoxy) is 2. The number of aromatic nitrogens is 2. The molecular weight excluding hydrogens is 444 g/mol. The number of nitrogens with zero attached hydrogens (tertiary/aromatic N) is 4. The number of methoxy groups -OCH3 is 1. The van der Waals surface area contributed by atoms with E-state index in [1.165, 1.54) is 4.90 Å². The summed E-state index contributed by atoms with van der Waals surface area (Å²) in [5, 5.41) is 18.0.